The van der Waals surface area contributed by atoms with Gasteiger partial charge in [-0.05, 0) is 55.8 Å². The largest absolute Gasteiger partial charge is 0.455 e. The molecule has 0 spiro atoms. The molecule has 2 aromatic carbocycles. The molecule has 1 amide bonds. The molecule has 0 unspecified atom stereocenters. The Hall–Kier alpha value is -2.34. The molecule has 0 saturated carbocycles. The molecule has 0 saturated heterocycles. The van der Waals surface area contributed by atoms with Crippen molar-refractivity contribution in [1.29, 1.82) is 0 Å². The summed E-state index contributed by atoms with van der Waals surface area (Å²) in [7, 11) is 0. The van der Waals surface area contributed by atoms with Gasteiger partial charge in [-0.2, -0.15) is 0 Å². The Morgan fingerprint density at radius 3 is 2.19 bits per heavy atom. The fourth-order valence-corrected chi connectivity index (χ4v) is 2.77. The summed E-state index contributed by atoms with van der Waals surface area (Å²) < 4.78 is 5.98. The molecule has 1 N–H and O–H groups in total. The summed E-state index contributed by atoms with van der Waals surface area (Å²) >= 11 is 3.34. The number of esters is 1. The summed E-state index contributed by atoms with van der Waals surface area (Å²) in [5.74, 6) is -0.788. The van der Waals surface area contributed by atoms with Crippen LogP contribution in [0, 0.1) is 0 Å². The Bertz CT molecular complexity index is 726. The molecule has 0 aromatic heterocycles. The first-order chi connectivity index (χ1) is 12.5. The Labute approximate surface area is 162 Å². The van der Waals surface area contributed by atoms with E-state index in [0.29, 0.717) is 5.69 Å². The molecule has 0 heterocycles. The number of ether oxygens (including phenoxy) is 1. The van der Waals surface area contributed by atoms with Gasteiger partial charge in [0.05, 0.1) is 6.42 Å². The van der Waals surface area contributed by atoms with Gasteiger partial charge in [0.2, 0.25) is 0 Å². The monoisotopic (exact) mass is 418 g/mol. The van der Waals surface area contributed by atoms with Gasteiger partial charge in [0.15, 0.2) is 6.61 Å². The Balaban J connectivity index is 1.79. The zero-order chi connectivity index (χ0) is 18.9. The Morgan fingerprint density at radius 2 is 1.62 bits per heavy atom. The van der Waals surface area contributed by atoms with Crippen molar-refractivity contribution in [2.75, 3.05) is 29.9 Å². The third-order valence-electron chi connectivity index (χ3n) is 3.91. The van der Waals surface area contributed by atoms with Gasteiger partial charge < -0.3 is 15.0 Å². The van der Waals surface area contributed by atoms with E-state index in [1.807, 2.05) is 48.5 Å². The lowest BCUT2D eigenvalue weighted by atomic mass is 10.2. The number of rotatable bonds is 8. The van der Waals surface area contributed by atoms with E-state index in [1.165, 1.54) is 0 Å². The van der Waals surface area contributed by atoms with Crippen molar-refractivity contribution >= 4 is 39.2 Å². The van der Waals surface area contributed by atoms with Crippen LogP contribution in [0.25, 0.3) is 0 Å². The van der Waals surface area contributed by atoms with Gasteiger partial charge in [0.1, 0.15) is 0 Å². The van der Waals surface area contributed by atoms with Crippen LogP contribution in [0.15, 0.2) is 53.0 Å². The van der Waals surface area contributed by atoms with Crippen LogP contribution in [0.3, 0.4) is 0 Å². The molecule has 26 heavy (non-hydrogen) atoms. The second kappa shape index (κ2) is 9.97. The minimum absolute atomic E-state index is 0.138. The average molecular weight is 419 g/mol. The maximum absolute atomic E-state index is 11.9. The zero-order valence-electron chi connectivity index (χ0n) is 15.0. The number of anilines is 2. The van der Waals surface area contributed by atoms with Gasteiger partial charge in [-0.1, -0.05) is 28.1 Å². The average Bonchev–Trinajstić information content (AvgIpc) is 2.64. The number of hydrogen-bond acceptors (Lipinski definition) is 4. The maximum atomic E-state index is 11.9. The molecule has 0 fully saturated rings. The van der Waals surface area contributed by atoms with Crippen molar-refractivity contribution in [1.82, 2.24) is 0 Å². The Kier molecular flexibility index (Phi) is 7.66. The predicted molar refractivity (Wildman–Crippen MR) is 107 cm³/mol. The third-order valence-corrected chi connectivity index (χ3v) is 4.43. The summed E-state index contributed by atoms with van der Waals surface area (Å²) in [6, 6.07) is 15.0. The highest BCUT2D eigenvalue weighted by molar-refractivity contribution is 9.10. The second-order valence-electron chi connectivity index (χ2n) is 5.73. The summed E-state index contributed by atoms with van der Waals surface area (Å²) in [6.07, 6.45) is 0.138. The molecule has 0 bridgehead atoms. The maximum Gasteiger partial charge on any atom is 0.310 e. The van der Waals surface area contributed by atoms with Crippen LogP contribution in [0.2, 0.25) is 0 Å². The topological polar surface area (TPSA) is 58.6 Å². The van der Waals surface area contributed by atoms with Crippen molar-refractivity contribution in [3.8, 4) is 0 Å². The first-order valence-electron chi connectivity index (χ1n) is 8.56. The summed E-state index contributed by atoms with van der Waals surface area (Å²) in [5, 5.41) is 2.73. The van der Waals surface area contributed by atoms with Crippen LogP contribution in [0.5, 0.6) is 0 Å². The second-order valence-corrected chi connectivity index (χ2v) is 6.65. The first kappa shape index (κ1) is 20.0. The molecule has 0 aliphatic heterocycles. The zero-order valence-corrected chi connectivity index (χ0v) is 16.6. The molecule has 6 heteroatoms. The highest BCUT2D eigenvalue weighted by Crippen LogP contribution is 2.17. The number of carbonyl (C=O) groups is 2. The van der Waals surface area contributed by atoms with Crippen molar-refractivity contribution in [2.24, 2.45) is 0 Å². The molecular weight excluding hydrogens is 396 g/mol. The third kappa shape index (κ3) is 6.19. The van der Waals surface area contributed by atoms with Gasteiger partial charge in [-0.15, -0.1) is 0 Å². The van der Waals surface area contributed by atoms with E-state index in [9.17, 15) is 9.59 Å². The Morgan fingerprint density at radius 1 is 1.00 bits per heavy atom. The normalized spacial score (nSPS) is 10.3. The van der Waals surface area contributed by atoms with Crippen molar-refractivity contribution in [3.05, 3.63) is 58.6 Å². The first-order valence-corrected chi connectivity index (χ1v) is 9.36. The number of amides is 1. The number of nitrogens with zero attached hydrogens (tertiary/aromatic N) is 1. The number of hydrogen-bond donors (Lipinski definition) is 1. The van der Waals surface area contributed by atoms with Crippen LogP contribution in [0.1, 0.15) is 19.4 Å². The van der Waals surface area contributed by atoms with Gasteiger partial charge in [0.25, 0.3) is 5.91 Å². The number of carbonyl (C=O) groups excluding carboxylic acids is 2. The van der Waals surface area contributed by atoms with Crippen molar-refractivity contribution < 1.29 is 14.3 Å². The van der Waals surface area contributed by atoms with Crippen LogP contribution < -0.4 is 10.2 Å². The summed E-state index contributed by atoms with van der Waals surface area (Å²) in [4.78, 5) is 26.0. The molecular formula is C20H23BrN2O3. The van der Waals surface area contributed by atoms with Crippen molar-refractivity contribution in [3.63, 3.8) is 0 Å². The van der Waals surface area contributed by atoms with E-state index in [2.05, 4.69) is 40.0 Å². The van der Waals surface area contributed by atoms with Gasteiger partial charge in [-0.25, -0.2) is 0 Å². The molecule has 2 aromatic rings. The molecule has 0 atom stereocenters. The van der Waals surface area contributed by atoms with E-state index < -0.39 is 5.97 Å². The van der Waals surface area contributed by atoms with E-state index in [4.69, 9.17) is 4.74 Å². The van der Waals surface area contributed by atoms with Gasteiger partial charge in [-0.3, -0.25) is 9.59 Å². The highest BCUT2D eigenvalue weighted by atomic mass is 79.9. The minimum atomic E-state index is -0.431. The molecule has 0 aliphatic rings. The number of nitrogens with one attached hydrogen (secondary N) is 1. The van der Waals surface area contributed by atoms with E-state index >= 15 is 0 Å². The van der Waals surface area contributed by atoms with Gasteiger partial charge >= 0.3 is 5.97 Å². The standard InChI is InChI=1S/C20H23BrN2O3/c1-3-23(4-2)18-11-9-17(10-12-18)22-19(24)14-26-20(25)13-15-5-7-16(21)8-6-15/h5-12H,3-4,13-14H2,1-2H3,(H,22,24). The number of halogens is 1. The molecule has 138 valence electrons. The lowest BCUT2D eigenvalue weighted by Crippen LogP contribution is -2.22. The van der Waals surface area contributed by atoms with E-state index in [1.54, 1.807) is 0 Å². The SMILES string of the molecule is CCN(CC)c1ccc(NC(=O)COC(=O)Cc2ccc(Br)cc2)cc1. The van der Waals surface area contributed by atoms with Crippen LogP contribution in [0.4, 0.5) is 11.4 Å². The van der Waals surface area contributed by atoms with E-state index in [0.717, 1.165) is 28.8 Å². The summed E-state index contributed by atoms with van der Waals surface area (Å²) in [5.41, 5.74) is 2.62. The van der Waals surface area contributed by atoms with Crippen molar-refractivity contribution in [2.45, 2.75) is 20.3 Å². The fraction of sp³-hybridized carbons (Fsp3) is 0.300. The van der Waals surface area contributed by atoms with E-state index in [-0.39, 0.29) is 18.9 Å². The van der Waals surface area contributed by atoms with Gasteiger partial charge in [0, 0.05) is 28.9 Å². The molecule has 5 nitrogen and oxygen atoms in total. The summed E-state index contributed by atoms with van der Waals surface area (Å²) in [6.45, 7) is 5.75. The molecule has 0 aliphatic carbocycles. The van der Waals surface area contributed by atoms with Crippen LogP contribution >= 0.6 is 15.9 Å². The fourth-order valence-electron chi connectivity index (χ4n) is 2.51. The highest BCUT2D eigenvalue weighted by Gasteiger charge is 2.09. The predicted octanol–water partition coefficient (Wildman–Crippen LogP) is 4.02. The number of benzene rings is 2. The molecule has 0 radical (unpaired) electrons. The quantitative estimate of drug-likeness (QED) is 0.657. The lowest BCUT2D eigenvalue weighted by molar-refractivity contribution is -0.146. The minimum Gasteiger partial charge on any atom is -0.455 e. The van der Waals surface area contributed by atoms with Crippen LogP contribution in [-0.2, 0) is 20.7 Å². The lowest BCUT2D eigenvalue weighted by Gasteiger charge is -2.21. The smallest absolute Gasteiger partial charge is 0.310 e. The molecule has 2 rings (SSSR count). The van der Waals surface area contributed by atoms with Crippen LogP contribution in [-0.4, -0.2) is 31.6 Å².